The summed E-state index contributed by atoms with van der Waals surface area (Å²) in [7, 11) is 0. The van der Waals surface area contributed by atoms with Gasteiger partial charge >= 0.3 is 0 Å². The van der Waals surface area contributed by atoms with Crippen LogP contribution in [0.5, 0.6) is 0 Å². The summed E-state index contributed by atoms with van der Waals surface area (Å²) >= 11 is 0. The van der Waals surface area contributed by atoms with Gasteiger partial charge in [0.05, 0.1) is 0 Å². The Morgan fingerprint density at radius 3 is 2.05 bits per heavy atom. The van der Waals surface area contributed by atoms with Crippen LogP contribution in [0, 0.1) is 29.1 Å². The molecule has 21 heavy (non-hydrogen) atoms. The van der Waals surface area contributed by atoms with Gasteiger partial charge in [-0.15, -0.1) is 0 Å². The first-order valence-corrected chi connectivity index (χ1v) is 9.86. The molecule has 122 valence electrons. The Bertz CT molecular complexity index is 299. The van der Waals surface area contributed by atoms with E-state index in [4.69, 9.17) is 0 Å². The van der Waals surface area contributed by atoms with Crippen molar-refractivity contribution in [3.8, 4) is 0 Å². The van der Waals surface area contributed by atoms with E-state index in [0.29, 0.717) is 0 Å². The van der Waals surface area contributed by atoms with Crippen molar-refractivity contribution < 1.29 is 0 Å². The third-order valence-corrected chi connectivity index (χ3v) is 6.81. The molecular formula is C20H37N. The molecule has 0 spiro atoms. The zero-order valence-corrected chi connectivity index (χ0v) is 14.7. The third-order valence-electron chi connectivity index (χ3n) is 6.81. The van der Waals surface area contributed by atoms with Crippen LogP contribution in [-0.2, 0) is 0 Å². The normalized spacial score (nSPS) is 40.4. The SMILES string of the molecule is CCCC(C)CC(CC12CC3CC(CC(C3)C1)C2)NCC. The van der Waals surface area contributed by atoms with Crippen molar-refractivity contribution in [2.45, 2.75) is 91.0 Å². The van der Waals surface area contributed by atoms with Crippen LogP contribution in [0.25, 0.3) is 0 Å². The van der Waals surface area contributed by atoms with Crippen molar-refractivity contribution >= 4 is 0 Å². The fraction of sp³-hybridized carbons (Fsp3) is 1.00. The van der Waals surface area contributed by atoms with Gasteiger partial charge < -0.3 is 5.32 Å². The minimum Gasteiger partial charge on any atom is -0.314 e. The quantitative estimate of drug-likeness (QED) is 0.631. The van der Waals surface area contributed by atoms with E-state index < -0.39 is 0 Å². The molecule has 0 radical (unpaired) electrons. The van der Waals surface area contributed by atoms with E-state index in [0.717, 1.165) is 41.7 Å². The summed E-state index contributed by atoms with van der Waals surface area (Å²) in [5, 5.41) is 3.85. The van der Waals surface area contributed by atoms with Crippen LogP contribution < -0.4 is 5.32 Å². The van der Waals surface area contributed by atoms with Crippen molar-refractivity contribution in [2.24, 2.45) is 29.1 Å². The first-order chi connectivity index (χ1) is 10.1. The van der Waals surface area contributed by atoms with Crippen LogP contribution in [0.4, 0.5) is 0 Å². The van der Waals surface area contributed by atoms with Crippen LogP contribution in [-0.4, -0.2) is 12.6 Å². The van der Waals surface area contributed by atoms with Gasteiger partial charge in [-0.05, 0) is 87.0 Å². The van der Waals surface area contributed by atoms with Crippen LogP contribution in [0.1, 0.15) is 85.0 Å². The highest BCUT2D eigenvalue weighted by Crippen LogP contribution is 2.61. The lowest BCUT2D eigenvalue weighted by Gasteiger charge is -2.58. The highest BCUT2D eigenvalue weighted by atomic mass is 14.9. The Balaban J connectivity index is 1.62. The summed E-state index contributed by atoms with van der Waals surface area (Å²) in [6.45, 7) is 8.23. The van der Waals surface area contributed by atoms with Crippen molar-refractivity contribution in [3.63, 3.8) is 0 Å². The van der Waals surface area contributed by atoms with E-state index in [2.05, 4.69) is 26.1 Å². The highest BCUT2D eigenvalue weighted by molar-refractivity contribution is 5.02. The molecule has 0 aromatic heterocycles. The van der Waals surface area contributed by atoms with Crippen LogP contribution in [0.2, 0.25) is 0 Å². The molecule has 4 saturated carbocycles. The van der Waals surface area contributed by atoms with Crippen LogP contribution in [0.3, 0.4) is 0 Å². The maximum absolute atomic E-state index is 3.85. The maximum Gasteiger partial charge on any atom is 0.00747 e. The van der Waals surface area contributed by atoms with Crippen molar-refractivity contribution in [3.05, 3.63) is 0 Å². The summed E-state index contributed by atoms with van der Waals surface area (Å²) in [5.74, 6) is 4.21. The molecule has 2 atom stereocenters. The third kappa shape index (κ3) is 3.66. The molecule has 0 aliphatic heterocycles. The first kappa shape index (κ1) is 15.8. The van der Waals surface area contributed by atoms with E-state index in [-0.39, 0.29) is 0 Å². The lowest BCUT2D eigenvalue weighted by atomic mass is 9.48. The molecular weight excluding hydrogens is 254 g/mol. The monoisotopic (exact) mass is 291 g/mol. The fourth-order valence-corrected chi connectivity index (χ4v) is 6.69. The Kier molecular flexibility index (Phi) is 4.98. The van der Waals surface area contributed by atoms with Crippen molar-refractivity contribution in [1.82, 2.24) is 5.32 Å². The molecule has 4 bridgehead atoms. The lowest BCUT2D eigenvalue weighted by molar-refractivity contribution is -0.0629. The van der Waals surface area contributed by atoms with Gasteiger partial charge in [0.2, 0.25) is 0 Å². The molecule has 0 heterocycles. The molecule has 2 unspecified atom stereocenters. The zero-order valence-electron chi connectivity index (χ0n) is 14.7. The number of rotatable bonds is 8. The predicted octanol–water partition coefficient (Wildman–Crippen LogP) is 5.40. The minimum atomic E-state index is 0.744. The van der Waals surface area contributed by atoms with Crippen molar-refractivity contribution in [1.29, 1.82) is 0 Å². The van der Waals surface area contributed by atoms with Gasteiger partial charge in [-0.3, -0.25) is 0 Å². The lowest BCUT2D eigenvalue weighted by Crippen LogP contribution is -2.49. The van der Waals surface area contributed by atoms with E-state index in [1.54, 1.807) is 38.5 Å². The number of hydrogen-bond acceptors (Lipinski definition) is 1. The van der Waals surface area contributed by atoms with E-state index >= 15 is 0 Å². The summed E-state index contributed by atoms with van der Waals surface area (Å²) < 4.78 is 0. The van der Waals surface area contributed by atoms with Crippen molar-refractivity contribution in [2.75, 3.05) is 6.54 Å². The largest absolute Gasteiger partial charge is 0.314 e. The summed E-state index contributed by atoms with van der Waals surface area (Å²) in [4.78, 5) is 0. The molecule has 1 heteroatoms. The number of nitrogens with one attached hydrogen (secondary N) is 1. The van der Waals surface area contributed by atoms with Gasteiger partial charge in [-0.1, -0.05) is 33.6 Å². The second-order valence-electron chi connectivity index (χ2n) is 9.01. The molecule has 0 saturated heterocycles. The highest BCUT2D eigenvalue weighted by Gasteiger charge is 2.51. The Morgan fingerprint density at radius 1 is 1.00 bits per heavy atom. The standard InChI is InChI=1S/C20H37N/c1-4-6-15(3)7-19(21-5-2)14-20-11-16-8-17(12-20)10-18(9-16)13-20/h15-19,21H,4-14H2,1-3H3. The average Bonchev–Trinajstić information content (AvgIpc) is 2.36. The molecule has 4 fully saturated rings. The topological polar surface area (TPSA) is 12.0 Å². The molecule has 1 N–H and O–H groups in total. The van der Waals surface area contributed by atoms with Crippen LogP contribution in [0.15, 0.2) is 0 Å². The molecule has 0 aromatic carbocycles. The molecule has 1 nitrogen and oxygen atoms in total. The van der Waals surface area contributed by atoms with Gasteiger partial charge in [0.15, 0.2) is 0 Å². The summed E-state index contributed by atoms with van der Waals surface area (Å²) in [6, 6.07) is 0.785. The minimum absolute atomic E-state index is 0.744. The smallest absolute Gasteiger partial charge is 0.00747 e. The molecule has 0 aromatic rings. The van der Waals surface area contributed by atoms with Gasteiger partial charge in [-0.25, -0.2) is 0 Å². The van der Waals surface area contributed by atoms with Gasteiger partial charge in [0.1, 0.15) is 0 Å². The van der Waals surface area contributed by atoms with Gasteiger partial charge in [0.25, 0.3) is 0 Å². The second kappa shape index (κ2) is 6.60. The fourth-order valence-electron chi connectivity index (χ4n) is 6.69. The van der Waals surface area contributed by atoms with Gasteiger partial charge in [0, 0.05) is 6.04 Å². The Morgan fingerprint density at radius 2 is 1.57 bits per heavy atom. The first-order valence-electron chi connectivity index (χ1n) is 9.86. The van der Waals surface area contributed by atoms with E-state index in [1.807, 2.05) is 0 Å². The summed E-state index contributed by atoms with van der Waals surface area (Å²) in [6.07, 6.45) is 15.1. The molecule has 4 aliphatic rings. The molecule has 4 rings (SSSR count). The molecule has 4 aliphatic carbocycles. The van der Waals surface area contributed by atoms with Crippen LogP contribution >= 0.6 is 0 Å². The Hall–Kier alpha value is -0.0400. The summed E-state index contributed by atoms with van der Waals surface area (Å²) in [5.41, 5.74) is 0.744. The maximum atomic E-state index is 3.85. The zero-order chi connectivity index (χ0) is 14.9. The second-order valence-corrected chi connectivity index (χ2v) is 9.01. The van der Waals surface area contributed by atoms with E-state index in [9.17, 15) is 0 Å². The number of hydrogen-bond donors (Lipinski definition) is 1. The molecule has 0 amide bonds. The Labute approximate surface area is 132 Å². The van der Waals surface area contributed by atoms with Gasteiger partial charge in [-0.2, -0.15) is 0 Å². The van der Waals surface area contributed by atoms with E-state index in [1.165, 1.54) is 25.7 Å². The predicted molar refractivity (Wildman–Crippen MR) is 91.4 cm³/mol. The average molecular weight is 292 g/mol.